The quantitative estimate of drug-likeness (QED) is 0.593. The van der Waals surface area contributed by atoms with Crippen LogP contribution in [0.4, 0.5) is 11.4 Å². The molecule has 2 aliphatic rings. The molecule has 3 aromatic rings. The van der Waals surface area contributed by atoms with Crippen LogP contribution in [0.3, 0.4) is 0 Å². The van der Waals surface area contributed by atoms with Crippen molar-refractivity contribution in [1.29, 1.82) is 0 Å². The number of para-hydroxylation sites is 2. The van der Waals surface area contributed by atoms with Crippen LogP contribution < -0.4 is 10.2 Å². The number of likely N-dealkylation sites (tertiary alicyclic amines) is 1. The Morgan fingerprint density at radius 1 is 1.12 bits per heavy atom. The van der Waals surface area contributed by atoms with Crippen LogP contribution in [-0.2, 0) is 16.1 Å². The fraction of sp³-hybridized carbons (Fsp3) is 0.304. The number of nitrogens with zero attached hydrogens (tertiary/aromatic N) is 4. The van der Waals surface area contributed by atoms with Gasteiger partial charge in [-0.15, -0.1) is 0 Å². The first-order valence-electron chi connectivity index (χ1n) is 10.6. The van der Waals surface area contributed by atoms with Crippen molar-refractivity contribution in [3.63, 3.8) is 0 Å². The average Bonchev–Trinajstić information content (AvgIpc) is 3.27. The van der Waals surface area contributed by atoms with Gasteiger partial charge in [-0.1, -0.05) is 33.2 Å². The number of anilines is 2. The zero-order valence-corrected chi connectivity index (χ0v) is 18.9. The average molecular weight is 496 g/mol. The van der Waals surface area contributed by atoms with Gasteiger partial charge in [-0.2, -0.15) is 4.98 Å². The molecular formula is C23H22BrN5O3. The minimum atomic E-state index is -0.160. The number of halogens is 1. The largest absolute Gasteiger partial charge is 0.338 e. The van der Waals surface area contributed by atoms with Crippen molar-refractivity contribution in [2.75, 3.05) is 29.9 Å². The molecule has 0 radical (unpaired) electrons. The van der Waals surface area contributed by atoms with E-state index in [4.69, 9.17) is 4.52 Å². The Labute approximate surface area is 193 Å². The zero-order valence-electron chi connectivity index (χ0n) is 17.3. The van der Waals surface area contributed by atoms with Gasteiger partial charge in [0.2, 0.25) is 23.5 Å². The van der Waals surface area contributed by atoms with Gasteiger partial charge in [-0.05, 0) is 62.3 Å². The second kappa shape index (κ2) is 8.84. The number of benzene rings is 2. The summed E-state index contributed by atoms with van der Waals surface area (Å²) in [5.74, 6) is 0.884. The van der Waals surface area contributed by atoms with Crippen molar-refractivity contribution >= 4 is 39.1 Å². The summed E-state index contributed by atoms with van der Waals surface area (Å²) in [6.45, 7) is 2.14. The van der Waals surface area contributed by atoms with Crippen molar-refractivity contribution in [3.05, 3.63) is 58.9 Å². The molecule has 1 fully saturated rings. The number of carbonyl (C=O) groups excluding carboxylic acids is 2. The lowest BCUT2D eigenvalue weighted by molar-refractivity contribution is -0.126. The minimum absolute atomic E-state index is 0.0160. The maximum absolute atomic E-state index is 13.2. The lowest BCUT2D eigenvalue weighted by Crippen LogP contribution is -2.47. The highest BCUT2D eigenvalue weighted by Crippen LogP contribution is 2.32. The molecule has 3 heterocycles. The van der Waals surface area contributed by atoms with Gasteiger partial charge in [0.15, 0.2) is 0 Å². The molecule has 2 aromatic carbocycles. The highest BCUT2D eigenvalue weighted by Gasteiger charge is 2.33. The molecule has 0 saturated carbocycles. The molecule has 0 atom stereocenters. The van der Waals surface area contributed by atoms with E-state index >= 15 is 0 Å². The number of hydrogen-bond donors (Lipinski definition) is 1. The summed E-state index contributed by atoms with van der Waals surface area (Å²) < 4.78 is 6.43. The fourth-order valence-electron chi connectivity index (χ4n) is 4.21. The Morgan fingerprint density at radius 2 is 1.88 bits per heavy atom. The number of hydrogen-bond acceptors (Lipinski definition) is 6. The second-order valence-electron chi connectivity index (χ2n) is 8.06. The number of carbonyl (C=O) groups is 2. The van der Waals surface area contributed by atoms with Crippen LogP contribution in [0.2, 0.25) is 0 Å². The van der Waals surface area contributed by atoms with Crippen molar-refractivity contribution in [2.24, 2.45) is 5.92 Å². The van der Waals surface area contributed by atoms with Crippen LogP contribution in [0.5, 0.6) is 0 Å². The molecule has 1 saturated heterocycles. The van der Waals surface area contributed by atoms with Crippen molar-refractivity contribution in [2.45, 2.75) is 19.4 Å². The molecule has 0 unspecified atom stereocenters. The minimum Gasteiger partial charge on any atom is -0.338 e. The normalized spacial score (nSPS) is 17.2. The van der Waals surface area contributed by atoms with Crippen LogP contribution in [0.25, 0.3) is 11.4 Å². The number of rotatable bonds is 4. The topological polar surface area (TPSA) is 91.6 Å². The number of piperidine rings is 1. The van der Waals surface area contributed by atoms with E-state index in [1.165, 1.54) is 0 Å². The lowest BCUT2D eigenvalue weighted by Gasteiger charge is -2.35. The van der Waals surface area contributed by atoms with Crippen molar-refractivity contribution < 1.29 is 14.1 Å². The highest BCUT2D eigenvalue weighted by atomic mass is 79.9. The summed E-state index contributed by atoms with van der Waals surface area (Å²) in [6, 6.07) is 15.2. The van der Waals surface area contributed by atoms with Crippen LogP contribution in [0.15, 0.2) is 57.5 Å². The number of nitrogens with one attached hydrogen (secondary N) is 1. The standard InChI is InChI=1S/C23H22BrN5O3/c24-17-7-5-15(6-8-17)22-26-21(32-27-22)14-28-11-9-16(10-12-28)23(31)29-13-20(30)25-18-3-1-2-4-19(18)29/h1-8,16H,9-14H2,(H,25,30). The Morgan fingerprint density at radius 3 is 2.66 bits per heavy atom. The van der Waals surface area contributed by atoms with E-state index < -0.39 is 0 Å². The Hall–Kier alpha value is -3.04. The van der Waals surface area contributed by atoms with Gasteiger partial charge in [0.25, 0.3) is 0 Å². The van der Waals surface area contributed by atoms with Gasteiger partial charge in [-0.3, -0.25) is 14.5 Å². The van der Waals surface area contributed by atoms with E-state index in [1.54, 1.807) is 4.90 Å². The second-order valence-corrected chi connectivity index (χ2v) is 8.97. The Balaban J connectivity index is 1.19. The molecule has 2 aliphatic heterocycles. The Kier molecular flexibility index (Phi) is 5.75. The first-order valence-corrected chi connectivity index (χ1v) is 11.4. The number of fused-ring (bicyclic) bond motifs is 1. The van der Waals surface area contributed by atoms with Crippen LogP contribution >= 0.6 is 15.9 Å². The van der Waals surface area contributed by atoms with Gasteiger partial charge in [0, 0.05) is 16.0 Å². The molecule has 5 rings (SSSR count). The summed E-state index contributed by atoms with van der Waals surface area (Å²) >= 11 is 3.42. The molecule has 1 N–H and O–H groups in total. The van der Waals surface area contributed by atoms with Crippen LogP contribution in [0, 0.1) is 5.92 Å². The first kappa shape index (κ1) is 20.8. The third-order valence-corrected chi connectivity index (χ3v) is 6.43. The lowest BCUT2D eigenvalue weighted by atomic mass is 9.94. The van der Waals surface area contributed by atoms with Gasteiger partial charge >= 0.3 is 0 Å². The molecule has 0 bridgehead atoms. The maximum atomic E-state index is 13.2. The fourth-order valence-corrected chi connectivity index (χ4v) is 4.48. The predicted molar refractivity (Wildman–Crippen MR) is 123 cm³/mol. The van der Waals surface area contributed by atoms with E-state index in [1.807, 2.05) is 48.5 Å². The SMILES string of the molecule is O=C1CN(C(=O)C2CCN(Cc3nc(-c4ccc(Br)cc4)no3)CC2)c2ccccc2N1. The molecule has 0 aliphatic carbocycles. The number of aromatic nitrogens is 2. The van der Waals surface area contributed by atoms with Gasteiger partial charge in [0.1, 0.15) is 6.54 Å². The molecule has 0 spiro atoms. The van der Waals surface area contributed by atoms with E-state index in [2.05, 4.69) is 36.3 Å². The molecule has 1 aromatic heterocycles. The van der Waals surface area contributed by atoms with E-state index in [9.17, 15) is 9.59 Å². The zero-order chi connectivity index (χ0) is 22.1. The molecule has 32 heavy (non-hydrogen) atoms. The van der Waals surface area contributed by atoms with E-state index in [0.717, 1.165) is 41.7 Å². The van der Waals surface area contributed by atoms with E-state index in [0.29, 0.717) is 23.9 Å². The predicted octanol–water partition coefficient (Wildman–Crippen LogP) is 3.70. The third kappa shape index (κ3) is 4.31. The highest BCUT2D eigenvalue weighted by molar-refractivity contribution is 9.10. The Bertz CT molecular complexity index is 1140. The van der Waals surface area contributed by atoms with Crippen LogP contribution in [0.1, 0.15) is 18.7 Å². The summed E-state index contributed by atoms with van der Waals surface area (Å²) in [6.07, 6.45) is 1.46. The molecule has 8 nitrogen and oxygen atoms in total. The molecule has 2 amide bonds. The van der Waals surface area contributed by atoms with Gasteiger partial charge in [-0.25, -0.2) is 0 Å². The van der Waals surface area contributed by atoms with Crippen LogP contribution in [-0.4, -0.2) is 46.5 Å². The third-order valence-electron chi connectivity index (χ3n) is 5.90. The first-order chi connectivity index (χ1) is 15.6. The van der Waals surface area contributed by atoms with Crippen molar-refractivity contribution in [1.82, 2.24) is 15.0 Å². The summed E-state index contributed by atoms with van der Waals surface area (Å²) in [4.78, 5) is 33.6. The summed E-state index contributed by atoms with van der Waals surface area (Å²) in [5, 5.41) is 6.92. The molecule has 164 valence electrons. The van der Waals surface area contributed by atoms with Gasteiger partial charge < -0.3 is 14.7 Å². The number of amides is 2. The van der Waals surface area contributed by atoms with E-state index in [-0.39, 0.29) is 24.3 Å². The smallest absolute Gasteiger partial charge is 0.244 e. The summed E-state index contributed by atoms with van der Waals surface area (Å²) in [7, 11) is 0. The molecular weight excluding hydrogens is 474 g/mol. The molecule has 9 heteroatoms. The monoisotopic (exact) mass is 495 g/mol. The maximum Gasteiger partial charge on any atom is 0.244 e. The van der Waals surface area contributed by atoms with Gasteiger partial charge in [0.05, 0.1) is 17.9 Å². The summed E-state index contributed by atoms with van der Waals surface area (Å²) in [5.41, 5.74) is 2.36. The van der Waals surface area contributed by atoms with Crippen molar-refractivity contribution in [3.8, 4) is 11.4 Å².